The first-order valence-electron chi connectivity index (χ1n) is 6.22. The van der Waals surface area contributed by atoms with Crippen LogP contribution in [0.3, 0.4) is 0 Å². The van der Waals surface area contributed by atoms with Crippen LogP contribution in [-0.2, 0) is 4.79 Å². The van der Waals surface area contributed by atoms with Gasteiger partial charge in [0.2, 0.25) is 5.91 Å². The van der Waals surface area contributed by atoms with Crippen molar-refractivity contribution in [3.05, 3.63) is 33.8 Å². The Kier molecular flexibility index (Phi) is 4.64. The maximum Gasteiger partial charge on any atom is 0.247 e. The highest BCUT2D eigenvalue weighted by Crippen LogP contribution is 2.24. The van der Waals surface area contributed by atoms with Crippen LogP contribution in [-0.4, -0.2) is 29.7 Å². The van der Waals surface area contributed by atoms with Crippen LogP contribution in [0.2, 0.25) is 10.0 Å². The second-order valence-electron chi connectivity index (χ2n) is 4.59. The monoisotopic (exact) mass is 310 g/mol. The van der Waals surface area contributed by atoms with Gasteiger partial charge in [-0.2, -0.15) is 5.26 Å². The number of Topliss-reactive ketones (excluding diaryl/α,β-unsaturated/α-hetero) is 1. The average Bonchev–Trinajstić information content (AvgIpc) is 2.96. The number of amides is 1. The van der Waals surface area contributed by atoms with Crippen molar-refractivity contribution in [2.75, 3.05) is 13.1 Å². The molecule has 1 aliphatic rings. The summed E-state index contributed by atoms with van der Waals surface area (Å²) in [6.45, 7) is 1.21. The smallest absolute Gasteiger partial charge is 0.247 e. The van der Waals surface area contributed by atoms with Gasteiger partial charge in [0.25, 0.3) is 0 Å². The maximum atomic E-state index is 12.3. The number of hydrogen-bond donors (Lipinski definition) is 0. The summed E-state index contributed by atoms with van der Waals surface area (Å²) in [5.74, 6) is -2.28. The third-order valence-corrected chi connectivity index (χ3v) is 4.00. The van der Waals surface area contributed by atoms with E-state index in [1.165, 1.54) is 18.2 Å². The van der Waals surface area contributed by atoms with E-state index in [1.54, 1.807) is 11.0 Å². The summed E-state index contributed by atoms with van der Waals surface area (Å²) in [6, 6.07) is 6.13. The highest BCUT2D eigenvalue weighted by molar-refractivity contribution is 6.42. The van der Waals surface area contributed by atoms with Gasteiger partial charge in [-0.25, -0.2) is 0 Å². The average molecular weight is 311 g/mol. The lowest BCUT2D eigenvalue weighted by molar-refractivity contribution is -0.131. The van der Waals surface area contributed by atoms with Crippen LogP contribution >= 0.6 is 23.2 Å². The van der Waals surface area contributed by atoms with Crippen molar-refractivity contribution in [2.24, 2.45) is 5.92 Å². The second kappa shape index (κ2) is 6.25. The fourth-order valence-electron chi connectivity index (χ4n) is 2.16. The number of carbonyl (C=O) groups excluding carboxylic acids is 2. The molecule has 0 N–H and O–H groups in total. The van der Waals surface area contributed by atoms with E-state index >= 15 is 0 Å². The van der Waals surface area contributed by atoms with Gasteiger partial charge in [-0.1, -0.05) is 23.2 Å². The Labute approximate surface area is 126 Å². The van der Waals surface area contributed by atoms with E-state index in [2.05, 4.69) is 0 Å². The van der Waals surface area contributed by atoms with Gasteiger partial charge in [0, 0.05) is 18.7 Å². The Morgan fingerprint density at radius 1 is 1.20 bits per heavy atom. The first kappa shape index (κ1) is 14.8. The minimum atomic E-state index is -1.31. The van der Waals surface area contributed by atoms with E-state index in [1.807, 2.05) is 0 Å². The molecule has 0 bridgehead atoms. The van der Waals surface area contributed by atoms with Gasteiger partial charge in [0.15, 0.2) is 11.7 Å². The van der Waals surface area contributed by atoms with E-state index in [0.29, 0.717) is 18.1 Å². The third kappa shape index (κ3) is 2.95. The molecule has 0 unspecified atom stereocenters. The molecule has 1 atom stereocenters. The Hall–Kier alpha value is -1.57. The molecule has 0 aromatic heterocycles. The van der Waals surface area contributed by atoms with Gasteiger partial charge in [-0.3, -0.25) is 9.59 Å². The number of likely N-dealkylation sites (tertiary alicyclic amines) is 1. The molecule has 20 heavy (non-hydrogen) atoms. The SMILES string of the molecule is N#C[C@H](C(=O)c1ccc(Cl)c(Cl)c1)C(=O)N1CCCC1. The summed E-state index contributed by atoms with van der Waals surface area (Å²) in [5, 5.41) is 9.68. The summed E-state index contributed by atoms with van der Waals surface area (Å²) in [5.41, 5.74) is 0.221. The number of benzene rings is 1. The summed E-state index contributed by atoms with van der Waals surface area (Å²) in [6.07, 6.45) is 1.82. The van der Waals surface area contributed by atoms with Gasteiger partial charge in [-0.15, -0.1) is 0 Å². The predicted octanol–water partition coefficient (Wildman–Crippen LogP) is 2.94. The van der Waals surface area contributed by atoms with Crippen LogP contribution in [0.25, 0.3) is 0 Å². The Morgan fingerprint density at radius 3 is 2.40 bits per heavy atom. The van der Waals surface area contributed by atoms with Gasteiger partial charge in [0.05, 0.1) is 16.1 Å². The van der Waals surface area contributed by atoms with Crippen molar-refractivity contribution >= 4 is 34.9 Å². The van der Waals surface area contributed by atoms with Crippen LogP contribution in [0, 0.1) is 17.2 Å². The Balaban J connectivity index is 2.22. The largest absolute Gasteiger partial charge is 0.341 e. The predicted molar refractivity (Wildman–Crippen MR) is 75.7 cm³/mol. The minimum absolute atomic E-state index is 0.221. The zero-order chi connectivity index (χ0) is 14.7. The number of halogens is 2. The molecule has 1 aromatic rings. The first-order chi connectivity index (χ1) is 9.54. The Bertz CT molecular complexity index is 589. The van der Waals surface area contributed by atoms with Crippen molar-refractivity contribution in [1.82, 2.24) is 4.90 Å². The molecule has 1 amide bonds. The lowest BCUT2D eigenvalue weighted by atomic mass is 9.97. The van der Waals surface area contributed by atoms with Gasteiger partial charge in [-0.05, 0) is 31.0 Å². The summed E-state index contributed by atoms with van der Waals surface area (Å²) >= 11 is 11.6. The van der Waals surface area contributed by atoms with E-state index in [-0.39, 0.29) is 10.6 Å². The van der Waals surface area contributed by atoms with Crippen LogP contribution in [0.5, 0.6) is 0 Å². The van der Waals surface area contributed by atoms with Crippen LogP contribution in [0.15, 0.2) is 18.2 Å². The van der Waals surface area contributed by atoms with Crippen molar-refractivity contribution in [3.8, 4) is 6.07 Å². The standard InChI is InChI=1S/C14H12Cl2N2O2/c15-11-4-3-9(7-12(11)16)13(19)10(8-17)14(20)18-5-1-2-6-18/h3-4,7,10H,1-2,5-6H2/t10-/m1/s1. The van der Waals surface area contributed by atoms with Crippen molar-refractivity contribution in [2.45, 2.75) is 12.8 Å². The number of ketones is 1. The van der Waals surface area contributed by atoms with Crippen molar-refractivity contribution in [1.29, 1.82) is 5.26 Å². The van der Waals surface area contributed by atoms with E-state index in [0.717, 1.165) is 12.8 Å². The number of nitrogens with zero attached hydrogens (tertiary/aromatic N) is 2. The summed E-state index contributed by atoms with van der Waals surface area (Å²) in [7, 11) is 0. The van der Waals surface area contributed by atoms with Gasteiger partial charge >= 0.3 is 0 Å². The van der Waals surface area contributed by atoms with Crippen LogP contribution < -0.4 is 0 Å². The molecule has 1 aliphatic heterocycles. The van der Waals surface area contributed by atoms with E-state index in [4.69, 9.17) is 28.5 Å². The molecule has 0 spiro atoms. The lowest BCUT2D eigenvalue weighted by Crippen LogP contribution is -2.37. The lowest BCUT2D eigenvalue weighted by Gasteiger charge is -2.18. The number of nitriles is 1. The van der Waals surface area contributed by atoms with Gasteiger partial charge in [0.1, 0.15) is 0 Å². The summed E-state index contributed by atoms with van der Waals surface area (Å²) < 4.78 is 0. The molecule has 0 aliphatic carbocycles. The number of carbonyl (C=O) groups is 2. The highest BCUT2D eigenvalue weighted by atomic mass is 35.5. The molecule has 1 heterocycles. The molecule has 2 rings (SSSR count). The highest BCUT2D eigenvalue weighted by Gasteiger charge is 2.32. The van der Waals surface area contributed by atoms with Crippen LogP contribution in [0.4, 0.5) is 0 Å². The normalized spacial score (nSPS) is 15.8. The summed E-state index contributed by atoms with van der Waals surface area (Å²) in [4.78, 5) is 26.0. The first-order valence-corrected chi connectivity index (χ1v) is 6.98. The quantitative estimate of drug-likeness (QED) is 0.637. The number of rotatable bonds is 3. The molecular weight excluding hydrogens is 299 g/mol. The van der Waals surface area contributed by atoms with E-state index < -0.39 is 17.6 Å². The molecule has 1 fully saturated rings. The molecule has 6 heteroatoms. The Morgan fingerprint density at radius 2 is 1.85 bits per heavy atom. The molecule has 1 aromatic carbocycles. The fourth-order valence-corrected chi connectivity index (χ4v) is 2.46. The third-order valence-electron chi connectivity index (χ3n) is 3.26. The molecule has 4 nitrogen and oxygen atoms in total. The molecule has 0 radical (unpaired) electrons. The topological polar surface area (TPSA) is 61.2 Å². The zero-order valence-corrected chi connectivity index (χ0v) is 12.1. The molecule has 104 valence electrons. The van der Waals surface area contributed by atoms with E-state index in [9.17, 15) is 9.59 Å². The van der Waals surface area contributed by atoms with Crippen molar-refractivity contribution < 1.29 is 9.59 Å². The molecule has 0 saturated carbocycles. The maximum absolute atomic E-state index is 12.3. The molecule has 1 saturated heterocycles. The second-order valence-corrected chi connectivity index (χ2v) is 5.40. The number of hydrogen-bond acceptors (Lipinski definition) is 3. The zero-order valence-electron chi connectivity index (χ0n) is 10.6. The molecular formula is C14H12Cl2N2O2. The minimum Gasteiger partial charge on any atom is -0.341 e. The van der Waals surface area contributed by atoms with Gasteiger partial charge < -0.3 is 4.90 Å². The van der Waals surface area contributed by atoms with Crippen molar-refractivity contribution in [3.63, 3.8) is 0 Å². The van der Waals surface area contributed by atoms with Crippen LogP contribution in [0.1, 0.15) is 23.2 Å². The fraction of sp³-hybridized carbons (Fsp3) is 0.357.